The Labute approximate surface area is 130 Å². The van der Waals surface area contributed by atoms with Gasteiger partial charge in [-0.05, 0) is 38.2 Å². The third-order valence-electron chi connectivity index (χ3n) is 4.14. The van der Waals surface area contributed by atoms with Crippen molar-refractivity contribution in [3.63, 3.8) is 0 Å². The second kappa shape index (κ2) is 6.88. The summed E-state index contributed by atoms with van der Waals surface area (Å²) in [4.78, 5) is 14.4. The zero-order valence-corrected chi connectivity index (χ0v) is 13.3. The van der Waals surface area contributed by atoms with Crippen LogP contribution in [0.5, 0.6) is 0 Å². The van der Waals surface area contributed by atoms with E-state index in [9.17, 15) is 9.90 Å². The fraction of sp³-hybridized carbons (Fsp3) is 0.562. The highest BCUT2D eigenvalue weighted by atomic mass is 35.5. The molecule has 1 aliphatic rings. The Morgan fingerprint density at radius 3 is 2.52 bits per heavy atom. The summed E-state index contributed by atoms with van der Waals surface area (Å²) < 4.78 is 5.28. The molecule has 1 aliphatic heterocycles. The smallest absolute Gasteiger partial charge is 0.179 e. The fourth-order valence-electron chi connectivity index (χ4n) is 2.57. The standard InChI is InChI=1S/C16H22ClNO3/c1-12(15(19)13-3-5-14(17)6-4-13)18(2)11-16(20)7-9-21-10-8-16/h3-6,12,20H,7-11H2,1-2H3. The quantitative estimate of drug-likeness (QED) is 0.848. The van der Waals surface area contributed by atoms with Crippen molar-refractivity contribution < 1.29 is 14.6 Å². The molecule has 1 aromatic rings. The zero-order valence-electron chi connectivity index (χ0n) is 12.5. The van der Waals surface area contributed by atoms with Gasteiger partial charge in [-0.25, -0.2) is 0 Å². The minimum atomic E-state index is -0.762. The largest absolute Gasteiger partial charge is 0.388 e. The molecule has 0 saturated carbocycles. The summed E-state index contributed by atoms with van der Waals surface area (Å²) in [6.07, 6.45) is 1.22. The molecule has 1 unspecified atom stereocenters. The Bertz CT molecular complexity index is 483. The van der Waals surface area contributed by atoms with E-state index in [1.165, 1.54) is 0 Å². The molecule has 0 aliphatic carbocycles. The van der Waals surface area contributed by atoms with Crippen molar-refractivity contribution in [3.8, 4) is 0 Å². The van der Waals surface area contributed by atoms with Crippen molar-refractivity contribution in [2.75, 3.05) is 26.8 Å². The number of likely N-dealkylation sites (N-methyl/N-ethyl adjacent to an activating group) is 1. The predicted octanol–water partition coefficient (Wildman–Crippen LogP) is 2.38. The van der Waals surface area contributed by atoms with E-state index in [1.807, 2.05) is 18.9 Å². The normalized spacial score (nSPS) is 19.5. The van der Waals surface area contributed by atoms with Gasteiger partial charge in [-0.3, -0.25) is 9.69 Å². The van der Waals surface area contributed by atoms with Crippen LogP contribution in [0.3, 0.4) is 0 Å². The molecule has 1 saturated heterocycles. The molecule has 1 N–H and O–H groups in total. The highest BCUT2D eigenvalue weighted by Gasteiger charge is 2.33. The Morgan fingerprint density at radius 2 is 1.95 bits per heavy atom. The lowest BCUT2D eigenvalue weighted by Gasteiger charge is -2.37. The summed E-state index contributed by atoms with van der Waals surface area (Å²) in [5.41, 5.74) is -0.126. The third-order valence-corrected chi connectivity index (χ3v) is 4.39. The summed E-state index contributed by atoms with van der Waals surface area (Å²) in [6, 6.07) is 6.61. The van der Waals surface area contributed by atoms with Crippen LogP contribution in [0, 0.1) is 0 Å². The molecule has 0 aromatic heterocycles. The lowest BCUT2D eigenvalue weighted by Crippen LogP contribution is -2.49. The maximum Gasteiger partial charge on any atom is 0.179 e. The number of hydrogen-bond donors (Lipinski definition) is 1. The van der Waals surface area contributed by atoms with Crippen LogP contribution in [0.2, 0.25) is 5.02 Å². The van der Waals surface area contributed by atoms with Gasteiger partial charge in [0.05, 0.1) is 11.6 Å². The highest BCUT2D eigenvalue weighted by molar-refractivity contribution is 6.30. The molecule has 4 nitrogen and oxygen atoms in total. The van der Waals surface area contributed by atoms with Crippen molar-refractivity contribution in [1.29, 1.82) is 0 Å². The Hall–Kier alpha value is -0.940. The highest BCUT2D eigenvalue weighted by Crippen LogP contribution is 2.22. The van der Waals surface area contributed by atoms with Gasteiger partial charge in [0.15, 0.2) is 5.78 Å². The van der Waals surface area contributed by atoms with Crippen molar-refractivity contribution in [1.82, 2.24) is 4.90 Å². The minimum Gasteiger partial charge on any atom is -0.388 e. The van der Waals surface area contributed by atoms with E-state index in [-0.39, 0.29) is 11.8 Å². The van der Waals surface area contributed by atoms with E-state index in [0.29, 0.717) is 43.2 Å². The molecule has 0 spiro atoms. The Balaban J connectivity index is 1.99. The van der Waals surface area contributed by atoms with Crippen LogP contribution in [0.15, 0.2) is 24.3 Å². The monoisotopic (exact) mass is 311 g/mol. The lowest BCUT2D eigenvalue weighted by atomic mass is 9.93. The van der Waals surface area contributed by atoms with Crippen molar-refractivity contribution in [3.05, 3.63) is 34.9 Å². The van der Waals surface area contributed by atoms with Gasteiger partial charge >= 0.3 is 0 Å². The molecular weight excluding hydrogens is 290 g/mol. The van der Waals surface area contributed by atoms with E-state index < -0.39 is 5.60 Å². The summed E-state index contributed by atoms with van der Waals surface area (Å²) in [5, 5.41) is 11.1. The van der Waals surface area contributed by atoms with Crippen LogP contribution in [0.1, 0.15) is 30.1 Å². The van der Waals surface area contributed by atoms with E-state index >= 15 is 0 Å². The number of hydrogen-bond acceptors (Lipinski definition) is 4. The molecule has 1 fully saturated rings. The van der Waals surface area contributed by atoms with Crippen LogP contribution in [0.25, 0.3) is 0 Å². The predicted molar refractivity (Wildman–Crippen MR) is 82.9 cm³/mol. The topological polar surface area (TPSA) is 49.8 Å². The van der Waals surface area contributed by atoms with Crippen LogP contribution in [-0.2, 0) is 4.74 Å². The molecule has 1 atom stereocenters. The average Bonchev–Trinajstić information content (AvgIpc) is 2.46. The van der Waals surface area contributed by atoms with Gasteiger partial charge in [-0.15, -0.1) is 0 Å². The number of carbonyl (C=O) groups excluding carboxylic acids is 1. The van der Waals surface area contributed by atoms with Crippen LogP contribution in [0.4, 0.5) is 0 Å². The first-order valence-corrected chi connectivity index (χ1v) is 7.59. The second-order valence-corrected chi connectivity index (χ2v) is 6.24. The average molecular weight is 312 g/mol. The van der Waals surface area contributed by atoms with Crippen molar-refractivity contribution >= 4 is 17.4 Å². The molecule has 0 bridgehead atoms. The maximum atomic E-state index is 12.5. The molecule has 0 amide bonds. The van der Waals surface area contributed by atoms with Gasteiger partial charge < -0.3 is 9.84 Å². The van der Waals surface area contributed by atoms with Gasteiger partial charge in [0.25, 0.3) is 0 Å². The lowest BCUT2D eigenvalue weighted by molar-refractivity contribution is -0.0791. The first-order chi connectivity index (χ1) is 9.91. The van der Waals surface area contributed by atoms with Crippen LogP contribution >= 0.6 is 11.6 Å². The SMILES string of the molecule is CC(C(=O)c1ccc(Cl)cc1)N(C)CC1(O)CCOCC1. The van der Waals surface area contributed by atoms with Gasteiger partial charge in [-0.1, -0.05) is 11.6 Å². The number of ketones is 1. The van der Waals surface area contributed by atoms with E-state index in [4.69, 9.17) is 16.3 Å². The number of Topliss-reactive ketones (excluding diaryl/α,β-unsaturated/α-hetero) is 1. The van der Waals surface area contributed by atoms with Crippen molar-refractivity contribution in [2.45, 2.75) is 31.4 Å². The van der Waals surface area contributed by atoms with Gasteiger partial charge in [0.2, 0.25) is 0 Å². The number of halogens is 1. The summed E-state index contributed by atoms with van der Waals surface area (Å²) in [5.74, 6) is 0.0322. The minimum absolute atomic E-state index is 0.0322. The van der Waals surface area contributed by atoms with Gasteiger partial charge in [0, 0.05) is 43.2 Å². The number of benzene rings is 1. The maximum absolute atomic E-state index is 12.5. The molecule has 1 heterocycles. The molecule has 2 rings (SSSR count). The Kier molecular flexibility index (Phi) is 5.38. The summed E-state index contributed by atoms with van der Waals surface area (Å²) in [7, 11) is 1.87. The third kappa shape index (κ3) is 4.27. The first-order valence-electron chi connectivity index (χ1n) is 7.21. The number of rotatable bonds is 5. The molecule has 0 radical (unpaired) electrons. The zero-order chi connectivity index (χ0) is 15.5. The molecule has 1 aromatic carbocycles. The molecule has 116 valence electrons. The molecule has 21 heavy (non-hydrogen) atoms. The molecular formula is C16H22ClNO3. The number of nitrogens with zero attached hydrogens (tertiary/aromatic N) is 1. The van der Waals surface area contributed by atoms with Gasteiger partial charge in [-0.2, -0.15) is 0 Å². The van der Waals surface area contributed by atoms with Gasteiger partial charge in [0.1, 0.15) is 0 Å². The van der Waals surface area contributed by atoms with E-state index in [1.54, 1.807) is 24.3 Å². The number of aliphatic hydroxyl groups is 1. The van der Waals surface area contributed by atoms with Crippen LogP contribution in [-0.4, -0.2) is 54.2 Å². The van der Waals surface area contributed by atoms with E-state index in [0.717, 1.165) is 0 Å². The second-order valence-electron chi connectivity index (χ2n) is 5.80. The first kappa shape index (κ1) is 16.4. The Morgan fingerprint density at radius 1 is 1.38 bits per heavy atom. The number of carbonyl (C=O) groups is 1. The number of ether oxygens (including phenoxy) is 1. The van der Waals surface area contributed by atoms with Crippen molar-refractivity contribution in [2.24, 2.45) is 0 Å². The van der Waals surface area contributed by atoms with E-state index in [2.05, 4.69) is 0 Å². The molecule has 5 heteroatoms. The fourth-order valence-corrected chi connectivity index (χ4v) is 2.69. The summed E-state index contributed by atoms with van der Waals surface area (Å²) in [6.45, 7) is 3.48. The summed E-state index contributed by atoms with van der Waals surface area (Å²) >= 11 is 5.84. The van der Waals surface area contributed by atoms with Crippen LogP contribution < -0.4 is 0 Å².